The van der Waals surface area contributed by atoms with Gasteiger partial charge in [-0.25, -0.2) is 0 Å². The number of nitrogens with zero attached hydrogens (tertiary/aromatic N) is 1. The largest absolute Gasteiger partial charge is 0.368 e. The van der Waals surface area contributed by atoms with E-state index in [0.29, 0.717) is 0 Å². The summed E-state index contributed by atoms with van der Waals surface area (Å²) >= 11 is 0. The fourth-order valence-electron chi connectivity index (χ4n) is 1.77. The number of hydrogen-bond donors (Lipinski definition) is 0. The van der Waals surface area contributed by atoms with Gasteiger partial charge >= 0.3 is 0 Å². The van der Waals surface area contributed by atoms with Crippen LogP contribution in [-0.2, 0) is 0 Å². The van der Waals surface area contributed by atoms with Gasteiger partial charge in [-0.1, -0.05) is 64.2 Å². The molecule has 3 heteroatoms. The van der Waals surface area contributed by atoms with Crippen molar-refractivity contribution in [1.29, 1.82) is 0 Å². The molecule has 0 aliphatic carbocycles. The van der Waals surface area contributed by atoms with Gasteiger partial charge in [-0.05, 0) is 24.2 Å². The minimum absolute atomic E-state index is 0.675. The minimum Gasteiger partial charge on any atom is -0.368 e. The normalized spacial score (nSPS) is 11.6. The maximum absolute atomic E-state index is 5.57. The van der Waals surface area contributed by atoms with Crippen LogP contribution in [0.2, 0.25) is 12.1 Å². The van der Waals surface area contributed by atoms with Crippen LogP contribution in [0.25, 0.3) is 0 Å². The first kappa shape index (κ1) is 15.1. The molecule has 0 amide bonds. The molecule has 0 bridgehead atoms. The predicted molar refractivity (Wildman–Crippen MR) is 79.3 cm³/mol. The van der Waals surface area contributed by atoms with Crippen molar-refractivity contribution in [3.63, 3.8) is 0 Å². The molecule has 0 fully saturated rings. The van der Waals surface area contributed by atoms with Crippen molar-refractivity contribution in [2.75, 3.05) is 0 Å². The molecule has 0 radical (unpaired) electrons. The van der Waals surface area contributed by atoms with E-state index in [2.05, 4.69) is 18.6 Å². The van der Waals surface area contributed by atoms with Gasteiger partial charge in [-0.2, -0.15) is 0 Å². The molecule has 0 unspecified atom stereocenters. The highest BCUT2D eigenvalue weighted by Crippen LogP contribution is 2.12. The number of para-hydroxylation sites is 1. The van der Waals surface area contributed by atoms with Gasteiger partial charge in [0.15, 0.2) is 14.3 Å². The standard InChI is InChI=1S/C15H25NOSi/c1-3-5-10-14-18(13-6-4-2)16-17-15-11-8-7-9-12-15/h7-9,11-12H,3-6,10,13-14H2,1-2H3. The number of rotatable bonds is 9. The summed E-state index contributed by atoms with van der Waals surface area (Å²) in [6.07, 6.45) is 6.44. The van der Waals surface area contributed by atoms with Gasteiger partial charge in [-0.15, -0.1) is 4.80 Å². The molecule has 0 atom stereocenters. The quantitative estimate of drug-likeness (QED) is 0.339. The molecule has 0 saturated carbocycles. The van der Waals surface area contributed by atoms with Crippen LogP contribution >= 0.6 is 0 Å². The Balaban J connectivity index is 2.46. The topological polar surface area (TPSA) is 21.6 Å². The first-order chi connectivity index (χ1) is 8.86. The lowest BCUT2D eigenvalue weighted by Crippen LogP contribution is -2.03. The highest BCUT2D eigenvalue weighted by Gasteiger charge is 2.03. The summed E-state index contributed by atoms with van der Waals surface area (Å²) < 4.78 is 0. The zero-order valence-electron chi connectivity index (χ0n) is 11.7. The van der Waals surface area contributed by atoms with Gasteiger partial charge in [0, 0.05) is 0 Å². The Morgan fingerprint density at radius 2 is 1.61 bits per heavy atom. The van der Waals surface area contributed by atoms with Gasteiger partial charge in [0.05, 0.1) is 0 Å². The number of hydrogen-bond acceptors (Lipinski definition) is 2. The van der Waals surface area contributed by atoms with E-state index in [0.717, 1.165) is 5.75 Å². The Morgan fingerprint density at radius 1 is 0.944 bits per heavy atom. The van der Waals surface area contributed by atoms with E-state index in [1.54, 1.807) is 0 Å². The van der Waals surface area contributed by atoms with Gasteiger partial charge in [-0.3, -0.25) is 0 Å². The van der Waals surface area contributed by atoms with Crippen LogP contribution in [0.5, 0.6) is 5.75 Å². The average Bonchev–Trinajstić information content (AvgIpc) is 2.42. The second-order valence-corrected chi connectivity index (χ2v) is 6.94. The van der Waals surface area contributed by atoms with Crippen molar-refractivity contribution in [2.45, 2.75) is 58.0 Å². The zero-order chi connectivity index (χ0) is 13.1. The van der Waals surface area contributed by atoms with E-state index >= 15 is 0 Å². The van der Waals surface area contributed by atoms with Gasteiger partial charge < -0.3 is 4.84 Å². The van der Waals surface area contributed by atoms with E-state index in [1.807, 2.05) is 30.3 Å². The van der Waals surface area contributed by atoms with Crippen molar-refractivity contribution < 1.29 is 4.84 Å². The van der Waals surface area contributed by atoms with Crippen LogP contribution in [-0.4, -0.2) is 8.59 Å². The second-order valence-electron chi connectivity index (χ2n) is 4.62. The maximum atomic E-state index is 5.57. The monoisotopic (exact) mass is 263 g/mol. The van der Waals surface area contributed by atoms with Crippen LogP contribution in [0.4, 0.5) is 0 Å². The second kappa shape index (κ2) is 10.0. The third-order valence-electron chi connectivity index (χ3n) is 2.91. The first-order valence-electron chi connectivity index (χ1n) is 7.14. The molecule has 0 spiro atoms. The lowest BCUT2D eigenvalue weighted by molar-refractivity contribution is 0.343. The zero-order valence-corrected chi connectivity index (χ0v) is 12.7. The van der Waals surface area contributed by atoms with Crippen molar-refractivity contribution in [3.8, 4) is 5.75 Å². The predicted octanol–water partition coefficient (Wildman–Crippen LogP) is 5.23. The van der Waals surface area contributed by atoms with Crippen LogP contribution in [0.15, 0.2) is 35.1 Å². The summed E-state index contributed by atoms with van der Waals surface area (Å²) in [5.41, 5.74) is 0. The Labute approximate surface area is 113 Å². The van der Waals surface area contributed by atoms with Gasteiger partial charge in [0.25, 0.3) is 0 Å². The van der Waals surface area contributed by atoms with E-state index in [9.17, 15) is 0 Å². The molecule has 0 N–H and O–H groups in total. The molecule has 0 aromatic heterocycles. The van der Waals surface area contributed by atoms with E-state index < -0.39 is 8.59 Å². The molecule has 1 rings (SSSR count). The molecule has 1 aromatic carbocycles. The van der Waals surface area contributed by atoms with E-state index in [-0.39, 0.29) is 0 Å². The van der Waals surface area contributed by atoms with Crippen molar-refractivity contribution in [2.24, 2.45) is 4.80 Å². The Morgan fingerprint density at radius 3 is 2.28 bits per heavy atom. The third kappa shape index (κ3) is 6.69. The van der Waals surface area contributed by atoms with E-state index in [4.69, 9.17) is 4.84 Å². The molecule has 0 aliphatic heterocycles. The van der Waals surface area contributed by atoms with Gasteiger partial charge in [0.2, 0.25) is 0 Å². The highest BCUT2D eigenvalue weighted by atomic mass is 28.2. The Hall–Kier alpha value is -0.963. The highest BCUT2D eigenvalue weighted by molar-refractivity contribution is 6.46. The summed E-state index contributed by atoms with van der Waals surface area (Å²) in [6, 6.07) is 12.4. The Kier molecular flexibility index (Phi) is 8.39. The van der Waals surface area contributed by atoms with Crippen molar-refractivity contribution in [3.05, 3.63) is 30.3 Å². The molecular weight excluding hydrogens is 238 g/mol. The summed E-state index contributed by atoms with van der Waals surface area (Å²) in [6.45, 7) is 4.49. The SMILES string of the molecule is CCCCC[Si](CCCC)=NOc1ccccc1. The van der Waals surface area contributed by atoms with Crippen LogP contribution in [0.1, 0.15) is 46.0 Å². The molecule has 0 saturated heterocycles. The van der Waals surface area contributed by atoms with Crippen LogP contribution in [0.3, 0.4) is 0 Å². The number of benzene rings is 1. The molecule has 18 heavy (non-hydrogen) atoms. The summed E-state index contributed by atoms with van der Waals surface area (Å²) in [5, 5.41) is 0. The minimum atomic E-state index is -0.675. The molecular formula is C15H25NOSi. The van der Waals surface area contributed by atoms with Crippen molar-refractivity contribution >= 4 is 8.59 Å². The molecule has 2 nitrogen and oxygen atoms in total. The first-order valence-corrected chi connectivity index (χ1v) is 9.00. The lowest BCUT2D eigenvalue weighted by Gasteiger charge is -2.04. The van der Waals surface area contributed by atoms with E-state index in [1.165, 1.54) is 44.2 Å². The molecule has 0 heterocycles. The smallest absolute Gasteiger partial charge is 0.181 e. The van der Waals surface area contributed by atoms with Gasteiger partial charge in [0.1, 0.15) is 0 Å². The summed E-state index contributed by atoms with van der Waals surface area (Å²) in [7, 11) is -0.675. The fourth-order valence-corrected chi connectivity index (χ4v) is 3.86. The molecule has 0 aliphatic rings. The molecule has 1 aromatic rings. The van der Waals surface area contributed by atoms with Crippen molar-refractivity contribution in [1.82, 2.24) is 0 Å². The number of unbranched alkanes of at least 4 members (excludes halogenated alkanes) is 3. The van der Waals surface area contributed by atoms with Crippen LogP contribution < -0.4 is 4.84 Å². The van der Waals surface area contributed by atoms with Crippen LogP contribution in [0, 0.1) is 0 Å². The maximum Gasteiger partial charge on any atom is 0.181 e. The lowest BCUT2D eigenvalue weighted by atomic mass is 10.3. The third-order valence-corrected chi connectivity index (χ3v) is 5.12. The molecule has 100 valence electrons. The summed E-state index contributed by atoms with van der Waals surface area (Å²) in [5.74, 6) is 0.868. The fraction of sp³-hybridized carbons (Fsp3) is 0.600. The Bertz CT molecular complexity index is 338. The average molecular weight is 263 g/mol. The summed E-state index contributed by atoms with van der Waals surface area (Å²) in [4.78, 5) is 10.1.